The van der Waals surface area contributed by atoms with Crippen LogP contribution in [0.5, 0.6) is 0 Å². The molecule has 1 aliphatic rings. The standard InChI is InChI=1S/C8H14O6/c1-2-8(13)7(12)6(11)5(10)4(3-9)14-8/h2,4-7,9-13H,1,3H2/t4-,5-,6+,7-,8?/m1/s1. The Morgan fingerprint density at radius 1 is 1.29 bits per heavy atom. The van der Waals surface area contributed by atoms with Gasteiger partial charge in [0.1, 0.15) is 24.4 Å². The first-order chi connectivity index (χ1) is 6.46. The largest absolute Gasteiger partial charge is 0.394 e. The zero-order chi connectivity index (χ0) is 10.9. The Balaban J connectivity index is 2.89. The summed E-state index contributed by atoms with van der Waals surface area (Å²) in [6.45, 7) is 2.64. The second-order valence-corrected chi connectivity index (χ2v) is 3.22. The summed E-state index contributed by atoms with van der Waals surface area (Å²) in [4.78, 5) is 0. The van der Waals surface area contributed by atoms with E-state index in [-0.39, 0.29) is 0 Å². The van der Waals surface area contributed by atoms with Crippen molar-refractivity contribution in [3.63, 3.8) is 0 Å². The molecule has 0 spiro atoms. The highest BCUT2D eigenvalue weighted by Gasteiger charge is 2.50. The van der Waals surface area contributed by atoms with E-state index in [9.17, 15) is 20.4 Å². The van der Waals surface area contributed by atoms with Crippen molar-refractivity contribution in [3.05, 3.63) is 12.7 Å². The molecule has 0 bridgehead atoms. The van der Waals surface area contributed by atoms with Crippen molar-refractivity contribution in [1.82, 2.24) is 0 Å². The number of rotatable bonds is 2. The molecule has 0 saturated carbocycles. The highest BCUT2D eigenvalue weighted by atomic mass is 16.7. The van der Waals surface area contributed by atoms with Crippen LogP contribution in [0.25, 0.3) is 0 Å². The Bertz CT molecular complexity index is 218. The monoisotopic (exact) mass is 206 g/mol. The third kappa shape index (κ3) is 1.68. The maximum absolute atomic E-state index is 9.57. The average molecular weight is 206 g/mol. The van der Waals surface area contributed by atoms with E-state index in [0.717, 1.165) is 6.08 Å². The summed E-state index contributed by atoms with van der Waals surface area (Å²) in [5.41, 5.74) is 0. The second kappa shape index (κ2) is 3.93. The van der Waals surface area contributed by atoms with Gasteiger partial charge in [0.2, 0.25) is 5.79 Å². The summed E-state index contributed by atoms with van der Waals surface area (Å²) in [7, 11) is 0. The third-order valence-electron chi connectivity index (χ3n) is 2.29. The van der Waals surface area contributed by atoms with Crippen molar-refractivity contribution >= 4 is 0 Å². The lowest BCUT2D eigenvalue weighted by molar-refractivity contribution is -0.327. The smallest absolute Gasteiger partial charge is 0.215 e. The lowest BCUT2D eigenvalue weighted by Crippen LogP contribution is -2.64. The topological polar surface area (TPSA) is 110 Å². The number of ether oxygens (including phenoxy) is 1. The first-order valence-corrected chi connectivity index (χ1v) is 4.15. The highest BCUT2D eigenvalue weighted by molar-refractivity contribution is 5.03. The zero-order valence-corrected chi connectivity index (χ0v) is 7.45. The van der Waals surface area contributed by atoms with Crippen molar-refractivity contribution < 1.29 is 30.3 Å². The molecule has 1 saturated heterocycles. The molecule has 1 unspecified atom stereocenters. The predicted octanol–water partition coefficient (Wildman–Crippen LogP) is -2.67. The Labute approximate surface area is 80.7 Å². The van der Waals surface area contributed by atoms with Gasteiger partial charge in [0, 0.05) is 0 Å². The third-order valence-corrected chi connectivity index (χ3v) is 2.29. The van der Waals surface area contributed by atoms with E-state index in [2.05, 4.69) is 6.58 Å². The molecule has 1 rings (SSSR count). The Morgan fingerprint density at radius 3 is 2.29 bits per heavy atom. The van der Waals surface area contributed by atoms with Crippen molar-refractivity contribution in [2.24, 2.45) is 0 Å². The number of hydrogen-bond acceptors (Lipinski definition) is 6. The normalized spacial score (nSPS) is 48.9. The lowest BCUT2D eigenvalue weighted by Gasteiger charge is -2.43. The van der Waals surface area contributed by atoms with E-state index in [0.29, 0.717) is 0 Å². The van der Waals surface area contributed by atoms with Crippen molar-refractivity contribution in [2.45, 2.75) is 30.2 Å². The van der Waals surface area contributed by atoms with Crippen LogP contribution in [0.3, 0.4) is 0 Å². The SMILES string of the molecule is C=CC1(O)O[C@H](CO)[C@@H](O)[C@H](O)[C@H]1O. The van der Waals surface area contributed by atoms with E-state index in [1.807, 2.05) is 0 Å². The summed E-state index contributed by atoms with van der Waals surface area (Å²) in [5, 5.41) is 46.3. The van der Waals surface area contributed by atoms with Crippen LogP contribution in [-0.2, 0) is 4.74 Å². The zero-order valence-electron chi connectivity index (χ0n) is 7.45. The van der Waals surface area contributed by atoms with E-state index >= 15 is 0 Å². The molecular weight excluding hydrogens is 192 g/mol. The van der Waals surface area contributed by atoms with Crippen LogP contribution < -0.4 is 0 Å². The molecule has 0 amide bonds. The van der Waals surface area contributed by atoms with E-state index < -0.39 is 36.8 Å². The van der Waals surface area contributed by atoms with Crippen molar-refractivity contribution in [1.29, 1.82) is 0 Å². The summed E-state index contributed by atoms with van der Waals surface area (Å²) in [5.74, 6) is -2.15. The molecule has 0 aromatic carbocycles. The average Bonchev–Trinajstić information content (AvgIpc) is 2.20. The van der Waals surface area contributed by atoms with Gasteiger partial charge in [0.25, 0.3) is 0 Å². The van der Waals surface area contributed by atoms with E-state index in [1.54, 1.807) is 0 Å². The molecule has 1 fully saturated rings. The van der Waals surface area contributed by atoms with Crippen molar-refractivity contribution in [2.75, 3.05) is 6.61 Å². The first-order valence-electron chi connectivity index (χ1n) is 4.15. The van der Waals surface area contributed by atoms with Gasteiger partial charge in [-0.3, -0.25) is 0 Å². The van der Waals surface area contributed by atoms with Crippen LogP contribution in [-0.4, -0.2) is 62.3 Å². The van der Waals surface area contributed by atoms with E-state index in [4.69, 9.17) is 9.84 Å². The van der Waals surface area contributed by atoms with Gasteiger partial charge in [-0.2, -0.15) is 0 Å². The molecule has 6 nitrogen and oxygen atoms in total. The van der Waals surface area contributed by atoms with Crippen LogP contribution in [0.15, 0.2) is 12.7 Å². The molecule has 6 heteroatoms. The van der Waals surface area contributed by atoms with Crippen molar-refractivity contribution in [3.8, 4) is 0 Å². The maximum Gasteiger partial charge on any atom is 0.215 e. The molecule has 5 atom stereocenters. The van der Waals surface area contributed by atoms with Gasteiger partial charge in [-0.15, -0.1) is 0 Å². The minimum absolute atomic E-state index is 0.582. The molecule has 0 aromatic heterocycles. The summed E-state index contributed by atoms with van der Waals surface area (Å²) in [6, 6.07) is 0. The van der Waals surface area contributed by atoms with Gasteiger partial charge in [-0.1, -0.05) is 6.58 Å². The fourth-order valence-corrected chi connectivity index (χ4v) is 1.35. The second-order valence-electron chi connectivity index (χ2n) is 3.22. The molecule has 1 aliphatic heterocycles. The van der Waals surface area contributed by atoms with Crippen LogP contribution in [0, 0.1) is 0 Å². The van der Waals surface area contributed by atoms with Crippen LogP contribution in [0.4, 0.5) is 0 Å². The number of hydrogen-bond donors (Lipinski definition) is 5. The minimum Gasteiger partial charge on any atom is -0.394 e. The predicted molar refractivity (Wildman–Crippen MR) is 45.1 cm³/mol. The fraction of sp³-hybridized carbons (Fsp3) is 0.750. The fourth-order valence-electron chi connectivity index (χ4n) is 1.35. The molecule has 14 heavy (non-hydrogen) atoms. The molecule has 0 aromatic rings. The molecule has 0 radical (unpaired) electrons. The van der Waals surface area contributed by atoms with Gasteiger partial charge in [0.15, 0.2) is 0 Å². The van der Waals surface area contributed by atoms with Crippen LogP contribution >= 0.6 is 0 Å². The van der Waals surface area contributed by atoms with Gasteiger partial charge in [-0.05, 0) is 6.08 Å². The van der Waals surface area contributed by atoms with E-state index in [1.165, 1.54) is 0 Å². The molecule has 5 N–H and O–H groups in total. The molecular formula is C8H14O6. The quantitative estimate of drug-likeness (QED) is 0.315. The summed E-state index contributed by atoms with van der Waals surface area (Å²) < 4.78 is 4.79. The molecule has 1 heterocycles. The lowest BCUT2D eigenvalue weighted by atomic mass is 9.93. The number of aliphatic hydroxyl groups excluding tert-OH is 4. The minimum atomic E-state index is -2.15. The number of aliphatic hydroxyl groups is 5. The van der Waals surface area contributed by atoms with Gasteiger partial charge < -0.3 is 30.3 Å². The van der Waals surface area contributed by atoms with Gasteiger partial charge >= 0.3 is 0 Å². The Hall–Kier alpha value is -0.500. The summed E-state index contributed by atoms with van der Waals surface area (Å²) >= 11 is 0. The molecule has 82 valence electrons. The molecule has 0 aliphatic carbocycles. The first kappa shape index (κ1) is 11.6. The Morgan fingerprint density at radius 2 is 1.86 bits per heavy atom. The van der Waals surface area contributed by atoms with Gasteiger partial charge in [0.05, 0.1) is 6.61 Å². The summed E-state index contributed by atoms with van der Waals surface area (Å²) in [6.07, 6.45) is -5.00. The maximum atomic E-state index is 9.57. The van der Waals surface area contributed by atoms with Gasteiger partial charge in [-0.25, -0.2) is 0 Å². The van der Waals surface area contributed by atoms with Crippen LogP contribution in [0.2, 0.25) is 0 Å². The Kier molecular flexibility index (Phi) is 3.25. The highest BCUT2D eigenvalue weighted by Crippen LogP contribution is 2.28. The van der Waals surface area contributed by atoms with Crippen LogP contribution in [0.1, 0.15) is 0 Å².